The van der Waals surface area contributed by atoms with E-state index in [4.69, 9.17) is 14.5 Å². The van der Waals surface area contributed by atoms with Gasteiger partial charge in [-0.05, 0) is 103 Å². The van der Waals surface area contributed by atoms with Crippen LogP contribution in [0.4, 0.5) is 14.5 Å². The fraction of sp³-hybridized carbons (Fsp3) is 0.528. The summed E-state index contributed by atoms with van der Waals surface area (Å²) < 4.78 is 40.9. The molecule has 6 nitrogen and oxygen atoms in total. The number of nitrogens with zero attached hydrogens (tertiary/aromatic N) is 3. The number of aromatic nitrogens is 2. The molecule has 8 heteroatoms. The largest absolute Gasteiger partial charge is 0.461 e. The van der Waals surface area contributed by atoms with Crippen LogP contribution in [0, 0.1) is 24.0 Å². The molecule has 3 aromatic rings. The second-order valence-electron chi connectivity index (χ2n) is 13.9. The first-order valence-electron chi connectivity index (χ1n) is 15.7. The SMILES string of the molecule is Cc1ncc(-c2cnc(CCCc3ccc(F)cc3)c(F)c2)c(N2CCC(C)(C)CC2)c1[C@H](OC(C)(C)C)C(=O)OC(C)C. The molecule has 0 amide bonds. The summed E-state index contributed by atoms with van der Waals surface area (Å²) in [5, 5.41) is 0. The predicted octanol–water partition coefficient (Wildman–Crippen LogP) is 8.34. The van der Waals surface area contributed by atoms with Gasteiger partial charge in [0.1, 0.15) is 11.6 Å². The van der Waals surface area contributed by atoms with Crippen LogP contribution in [0.5, 0.6) is 0 Å². The fourth-order valence-electron chi connectivity index (χ4n) is 5.59. The lowest BCUT2D eigenvalue weighted by atomic mass is 9.82. The van der Waals surface area contributed by atoms with Gasteiger partial charge in [-0.25, -0.2) is 13.6 Å². The number of hydrogen-bond donors (Lipinski definition) is 0. The molecule has 2 aromatic heterocycles. The van der Waals surface area contributed by atoms with Gasteiger partial charge in [-0.1, -0.05) is 26.0 Å². The van der Waals surface area contributed by atoms with E-state index in [0.29, 0.717) is 47.3 Å². The van der Waals surface area contributed by atoms with Crippen LogP contribution in [0.1, 0.15) is 96.3 Å². The van der Waals surface area contributed by atoms with Gasteiger partial charge in [-0.15, -0.1) is 0 Å². The van der Waals surface area contributed by atoms with Gasteiger partial charge < -0.3 is 14.4 Å². The average Bonchev–Trinajstić information content (AvgIpc) is 2.93. The smallest absolute Gasteiger partial charge is 0.340 e. The fourth-order valence-corrected chi connectivity index (χ4v) is 5.59. The van der Waals surface area contributed by atoms with Crippen molar-refractivity contribution in [3.8, 4) is 11.1 Å². The summed E-state index contributed by atoms with van der Waals surface area (Å²) in [6.07, 6.45) is 5.88. The van der Waals surface area contributed by atoms with Crippen molar-refractivity contribution in [3.05, 3.63) is 76.9 Å². The first-order valence-corrected chi connectivity index (χ1v) is 15.7. The number of pyridine rings is 2. The summed E-state index contributed by atoms with van der Waals surface area (Å²) >= 11 is 0. The van der Waals surface area contributed by atoms with Gasteiger partial charge in [0.2, 0.25) is 0 Å². The zero-order valence-electron chi connectivity index (χ0n) is 27.5. The number of ether oxygens (including phenoxy) is 2. The predicted molar refractivity (Wildman–Crippen MR) is 171 cm³/mol. The molecule has 0 saturated carbocycles. The molecule has 0 aliphatic carbocycles. The third kappa shape index (κ3) is 8.62. The molecule has 3 heterocycles. The monoisotopic (exact) mass is 607 g/mol. The van der Waals surface area contributed by atoms with Crippen molar-refractivity contribution < 1.29 is 23.0 Å². The Labute approximate surface area is 261 Å². The summed E-state index contributed by atoms with van der Waals surface area (Å²) in [6.45, 7) is 17.3. The standard InChI is InChI=1S/C36H47F2N3O3/c1-23(2)43-34(42)33(44-35(4,5)6)31-24(3)39-22-28(32(31)41-18-16-36(7,8)17-19-41)26-20-29(38)30(40-21-26)11-9-10-25-12-14-27(37)15-13-25/h12-15,20-23,33H,9-11,16-19H2,1-8H3/t33-/m0/s1. The molecule has 1 fully saturated rings. The molecule has 0 radical (unpaired) electrons. The van der Waals surface area contributed by atoms with E-state index < -0.39 is 23.5 Å². The first-order chi connectivity index (χ1) is 20.6. The van der Waals surface area contributed by atoms with E-state index in [1.54, 1.807) is 24.5 Å². The number of carbonyl (C=O) groups is 1. The molecule has 238 valence electrons. The molecule has 1 aliphatic heterocycles. The van der Waals surface area contributed by atoms with Crippen LogP contribution in [0.15, 0.2) is 42.7 Å². The maximum absolute atomic E-state index is 15.6. The van der Waals surface area contributed by atoms with Crippen molar-refractivity contribution >= 4 is 11.7 Å². The van der Waals surface area contributed by atoms with Crippen molar-refractivity contribution in [1.82, 2.24) is 9.97 Å². The first kappa shape index (κ1) is 33.5. The molecule has 1 aromatic carbocycles. The average molecular weight is 608 g/mol. The van der Waals surface area contributed by atoms with Gasteiger partial charge in [0, 0.05) is 47.9 Å². The van der Waals surface area contributed by atoms with Crippen LogP contribution in [-0.2, 0) is 27.1 Å². The number of esters is 1. The van der Waals surface area contributed by atoms with Crippen molar-refractivity contribution in [3.63, 3.8) is 0 Å². The van der Waals surface area contributed by atoms with E-state index in [1.807, 2.05) is 41.5 Å². The van der Waals surface area contributed by atoms with E-state index in [9.17, 15) is 9.18 Å². The Balaban J connectivity index is 1.75. The summed E-state index contributed by atoms with van der Waals surface area (Å²) in [6, 6.07) is 7.89. The second-order valence-corrected chi connectivity index (χ2v) is 13.9. The third-order valence-corrected chi connectivity index (χ3v) is 8.04. The highest BCUT2D eigenvalue weighted by molar-refractivity contribution is 5.87. The van der Waals surface area contributed by atoms with Crippen LogP contribution >= 0.6 is 0 Å². The molecule has 0 N–H and O–H groups in total. The lowest BCUT2D eigenvalue weighted by Crippen LogP contribution is -2.39. The van der Waals surface area contributed by atoms with E-state index in [0.717, 1.165) is 37.2 Å². The Kier molecular flexibility index (Phi) is 10.4. The maximum Gasteiger partial charge on any atom is 0.340 e. The van der Waals surface area contributed by atoms with E-state index >= 15 is 4.39 Å². The number of piperidine rings is 1. The summed E-state index contributed by atoms with van der Waals surface area (Å²) in [5.41, 5.74) is 4.34. The lowest BCUT2D eigenvalue weighted by Gasteiger charge is -2.41. The van der Waals surface area contributed by atoms with E-state index in [1.165, 1.54) is 18.2 Å². The minimum absolute atomic E-state index is 0.194. The summed E-state index contributed by atoms with van der Waals surface area (Å²) in [7, 11) is 0. The number of anilines is 1. The number of hydrogen-bond acceptors (Lipinski definition) is 6. The molecule has 0 bridgehead atoms. The summed E-state index contributed by atoms with van der Waals surface area (Å²) in [4.78, 5) is 25.1. The van der Waals surface area contributed by atoms with Crippen LogP contribution in [-0.4, -0.2) is 40.7 Å². The van der Waals surface area contributed by atoms with Crippen molar-refractivity contribution in [2.45, 2.75) is 105 Å². The van der Waals surface area contributed by atoms with Crippen LogP contribution in [0.25, 0.3) is 11.1 Å². The van der Waals surface area contributed by atoms with Crippen LogP contribution in [0.2, 0.25) is 0 Å². The van der Waals surface area contributed by atoms with E-state index in [2.05, 4.69) is 23.7 Å². The van der Waals surface area contributed by atoms with Gasteiger partial charge in [0.15, 0.2) is 6.10 Å². The number of aryl methyl sites for hydroxylation is 3. The molecule has 4 rings (SSSR count). The highest BCUT2D eigenvalue weighted by Crippen LogP contribution is 2.43. The van der Waals surface area contributed by atoms with Crippen LogP contribution in [0.3, 0.4) is 0 Å². The van der Waals surface area contributed by atoms with Gasteiger partial charge in [-0.3, -0.25) is 9.97 Å². The number of carbonyl (C=O) groups excluding carboxylic acids is 1. The Hall–Kier alpha value is -3.39. The van der Waals surface area contributed by atoms with E-state index in [-0.39, 0.29) is 17.3 Å². The highest BCUT2D eigenvalue weighted by atomic mass is 19.1. The Morgan fingerprint density at radius 2 is 1.68 bits per heavy atom. The van der Waals surface area contributed by atoms with Crippen molar-refractivity contribution in [1.29, 1.82) is 0 Å². The minimum Gasteiger partial charge on any atom is -0.461 e. The van der Waals surface area contributed by atoms with Crippen molar-refractivity contribution in [2.75, 3.05) is 18.0 Å². The number of benzene rings is 1. The zero-order valence-corrected chi connectivity index (χ0v) is 27.5. The summed E-state index contributed by atoms with van der Waals surface area (Å²) in [5.74, 6) is -1.14. The number of rotatable bonds is 10. The molecule has 1 saturated heterocycles. The zero-order chi connectivity index (χ0) is 32.2. The Bertz CT molecular complexity index is 1440. The van der Waals surface area contributed by atoms with Gasteiger partial charge in [-0.2, -0.15) is 0 Å². The highest BCUT2D eigenvalue weighted by Gasteiger charge is 2.37. The maximum atomic E-state index is 15.6. The topological polar surface area (TPSA) is 64.5 Å². The van der Waals surface area contributed by atoms with Gasteiger partial charge >= 0.3 is 5.97 Å². The van der Waals surface area contributed by atoms with Gasteiger partial charge in [0.05, 0.1) is 23.1 Å². The van der Waals surface area contributed by atoms with Crippen molar-refractivity contribution in [2.24, 2.45) is 5.41 Å². The molecular weight excluding hydrogens is 560 g/mol. The number of halogens is 2. The molecule has 44 heavy (non-hydrogen) atoms. The quantitative estimate of drug-likeness (QED) is 0.216. The molecule has 1 atom stereocenters. The third-order valence-electron chi connectivity index (χ3n) is 8.04. The van der Waals surface area contributed by atoms with Gasteiger partial charge in [0.25, 0.3) is 0 Å². The minimum atomic E-state index is -1.02. The lowest BCUT2D eigenvalue weighted by molar-refractivity contribution is -0.171. The van der Waals surface area contributed by atoms with Crippen LogP contribution < -0.4 is 4.90 Å². The molecule has 1 aliphatic rings. The molecular formula is C36H47F2N3O3. The second kappa shape index (κ2) is 13.7. The molecule has 0 spiro atoms. The normalized spacial score (nSPS) is 15.8. The Morgan fingerprint density at radius 3 is 2.27 bits per heavy atom. The molecule has 0 unspecified atom stereocenters. The Morgan fingerprint density at radius 1 is 1.02 bits per heavy atom.